The van der Waals surface area contributed by atoms with Gasteiger partial charge in [0.25, 0.3) is 5.91 Å². The summed E-state index contributed by atoms with van der Waals surface area (Å²) in [5, 5.41) is 21.2. The van der Waals surface area contributed by atoms with E-state index in [2.05, 4.69) is 68.7 Å². The molecule has 39 heavy (non-hydrogen) atoms. The predicted molar refractivity (Wildman–Crippen MR) is 148 cm³/mol. The maximum Gasteiger partial charge on any atom is 0.322 e. The van der Waals surface area contributed by atoms with Gasteiger partial charge in [0.15, 0.2) is 11.4 Å². The molecule has 3 N–H and O–H groups in total. The number of aromatic nitrogens is 2. The van der Waals surface area contributed by atoms with Crippen LogP contribution in [0.3, 0.4) is 0 Å². The van der Waals surface area contributed by atoms with Crippen LogP contribution in [0.15, 0.2) is 48.5 Å². The standard InChI is InChI=1S/C30H34N4O5/c1-19(35)3-4-21-5-7-23(8-6-21)24-9-11-25(12-10-24)34-15-13-22(14-16-34)17-26-32-20(2)29(38)28(33-26)30(39)31-18-27(36)37/h5-12,22,38H,3-4,13-18H2,1-2H3,(H,31,39)(H,36,37). The molecular weight excluding hydrogens is 496 g/mol. The topological polar surface area (TPSA) is 133 Å². The molecule has 204 valence electrons. The Labute approximate surface area is 227 Å². The van der Waals surface area contributed by atoms with E-state index in [4.69, 9.17) is 5.11 Å². The van der Waals surface area contributed by atoms with Crippen LogP contribution in [0.5, 0.6) is 5.75 Å². The van der Waals surface area contributed by atoms with Crippen molar-refractivity contribution in [1.82, 2.24) is 15.3 Å². The average Bonchev–Trinajstić information content (AvgIpc) is 2.93. The van der Waals surface area contributed by atoms with Gasteiger partial charge in [0, 0.05) is 31.6 Å². The van der Waals surface area contributed by atoms with E-state index >= 15 is 0 Å². The molecule has 1 aliphatic rings. The largest absolute Gasteiger partial charge is 0.504 e. The molecule has 0 radical (unpaired) electrons. The minimum Gasteiger partial charge on any atom is -0.504 e. The molecule has 1 aliphatic heterocycles. The summed E-state index contributed by atoms with van der Waals surface area (Å²) in [5.74, 6) is -1.23. The molecule has 1 amide bonds. The van der Waals surface area contributed by atoms with Crippen molar-refractivity contribution < 1.29 is 24.6 Å². The molecule has 0 unspecified atom stereocenters. The Morgan fingerprint density at radius 1 is 0.974 bits per heavy atom. The van der Waals surface area contributed by atoms with Gasteiger partial charge in [-0.25, -0.2) is 9.97 Å². The van der Waals surface area contributed by atoms with Crippen LogP contribution in [-0.2, 0) is 22.4 Å². The number of amides is 1. The lowest BCUT2D eigenvalue weighted by Crippen LogP contribution is -2.34. The van der Waals surface area contributed by atoms with Crippen molar-refractivity contribution in [1.29, 1.82) is 0 Å². The fourth-order valence-electron chi connectivity index (χ4n) is 4.82. The predicted octanol–water partition coefficient (Wildman–Crippen LogP) is 3.95. The van der Waals surface area contributed by atoms with Crippen molar-refractivity contribution in [3.63, 3.8) is 0 Å². The van der Waals surface area contributed by atoms with E-state index < -0.39 is 18.4 Å². The number of hydrogen-bond acceptors (Lipinski definition) is 7. The average molecular weight is 531 g/mol. The van der Waals surface area contributed by atoms with E-state index in [1.165, 1.54) is 11.3 Å². The Hall–Kier alpha value is -4.27. The Kier molecular flexibility index (Phi) is 8.91. The van der Waals surface area contributed by atoms with Gasteiger partial charge in [-0.3, -0.25) is 9.59 Å². The molecule has 4 rings (SSSR count). The number of aliphatic carboxylic acids is 1. The number of carbonyl (C=O) groups excluding carboxylic acids is 2. The number of piperidine rings is 1. The summed E-state index contributed by atoms with van der Waals surface area (Å²) in [5.41, 5.74) is 4.73. The molecule has 3 aromatic rings. The number of aromatic hydroxyl groups is 1. The summed E-state index contributed by atoms with van der Waals surface area (Å²) in [6, 6.07) is 16.9. The minimum absolute atomic E-state index is 0.193. The van der Waals surface area contributed by atoms with Gasteiger partial charge in [-0.2, -0.15) is 0 Å². The molecule has 2 aromatic carbocycles. The van der Waals surface area contributed by atoms with Crippen LogP contribution in [0.2, 0.25) is 0 Å². The molecule has 0 aliphatic carbocycles. The number of nitrogens with one attached hydrogen (secondary N) is 1. The van der Waals surface area contributed by atoms with E-state index in [0.29, 0.717) is 30.3 Å². The third kappa shape index (κ3) is 7.40. The van der Waals surface area contributed by atoms with Gasteiger partial charge in [0.1, 0.15) is 18.2 Å². The van der Waals surface area contributed by atoms with Crippen molar-refractivity contribution in [3.05, 3.63) is 71.3 Å². The van der Waals surface area contributed by atoms with Gasteiger partial charge < -0.3 is 25.2 Å². The number of aryl methyl sites for hydroxylation is 2. The Morgan fingerprint density at radius 2 is 1.59 bits per heavy atom. The van der Waals surface area contributed by atoms with E-state index in [-0.39, 0.29) is 17.2 Å². The monoisotopic (exact) mass is 530 g/mol. The van der Waals surface area contributed by atoms with Gasteiger partial charge in [0.2, 0.25) is 0 Å². The highest BCUT2D eigenvalue weighted by Gasteiger charge is 2.23. The van der Waals surface area contributed by atoms with Gasteiger partial charge in [-0.1, -0.05) is 36.4 Å². The lowest BCUT2D eigenvalue weighted by atomic mass is 9.92. The summed E-state index contributed by atoms with van der Waals surface area (Å²) in [6.07, 6.45) is 3.79. The molecular formula is C30H34N4O5. The highest BCUT2D eigenvalue weighted by molar-refractivity contribution is 5.96. The number of hydrogen-bond donors (Lipinski definition) is 3. The summed E-state index contributed by atoms with van der Waals surface area (Å²) in [6.45, 7) is 4.44. The first kappa shape index (κ1) is 27.8. The van der Waals surface area contributed by atoms with Crippen LogP contribution in [0, 0.1) is 12.8 Å². The quantitative estimate of drug-likeness (QED) is 0.359. The lowest BCUT2D eigenvalue weighted by molar-refractivity contribution is -0.135. The second-order valence-corrected chi connectivity index (χ2v) is 10.1. The zero-order valence-corrected chi connectivity index (χ0v) is 22.3. The molecule has 1 aromatic heterocycles. The number of carboxylic acids is 1. The Morgan fingerprint density at radius 3 is 2.18 bits per heavy atom. The SMILES string of the molecule is CC(=O)CCc1ccc(-c2ccc(N3CCC(Cc4nc(C)c(O)c(C(=O)NCC(=O)O)n4)CC3)cc2)cc1. The molecule has 0 atom stereocenters. The van der Waals surface area contributed by atoms with E-state index in [9.17, 15) is 19.5 Å². The Balaban J connectivity index is 1.33. The molecule has 2 heterocycles. The zero-order chi connectivity index (χ0) is 27.9. The summed E-state index contributed by atoms with van der Waals surface area (Å²) < 4.78 is 0. The Bertz CT molecular complexity index is 1330. The van der Waals surface area contributed by atoms with Crippen LogP contribution in [0.25, 0.3) is 11.1 Å². The van der Waals surface area contributed by atoms with Crippen molar-refractivity contribution in [2.75, 3.05) is 24.5 Å². The highest BCUT2D eigenvalue weighted by Crippen LogP contribution is 2.29. The molecule has 9 nitrogen and oxygen atoms in total. The van der Waals surface area contributed by atoms with E-state index in [1.54, 1.807) is 13.8 Å². The third-order valence-electron chi connectivity index (χ3n) is 7.09. The number of anilines is 1. The number of benzene rings is 2. The lowest BCUT2D eigenvalue weighted by Gasteiger charge is -2.33. The van der Waals surface area contributed by atoms with Crippen LogP contribution in [0.1, 0.15) is 53.8 Å². The maximum atomic E-state index is 12.3. The van der Waals surface area contributed by atoms with Crippen LogP contribution < -0.4 is 10.2 Å². The van der Waals surface area contributed by atoms with Crippen molar-refractivity contribution in [2.45, 2.75) is 46.0 Å². The van der Waals surface area contributed by atoms with Gasteiger partial charge >= 0.3 is 5.97 Å². The fourth-order valence-corrected chi connectivity index (χ4v) is 4.82. The summed E-state index contributed by atoms with van der Waals surface area (Å²) in [7, 11) is 0. The number of carboxylic acid groups (broad SMARTS) is 1. The minimum atomic E-state index is -1.17. The normalized spacial score (nSPS) is 13.7. The van der Waals surface area contributed by atoms with Crippen molar-refractivity contribution in [3.8, 4) is 16.9 Å². The maximum absolute atomic E-state index is 12.3. The number of Topliss-reactive ketones (excluding diaryl/α,β-unsaturated/α-hetero) is 1. The third-order valence-corrected chi connectivity index (χ3v) is 7.09. The number of carbonyl (C=O) groups is 3. The molecule has 1 fully saturated rings. The van der Waals surface area contributed by atoms with Crippen LogP contribution >= 0.6 is 0 Å². The van der Waals surface area contributed by atoms with Crippen LogP contribution in [-0.4, -0.2) is 57.5 Å². The smallest absolute Gasteiger partial charge is 0.322 e. The molecule has 9 heteroatoms. The number of ketones is 1. The van der Waals surface area contributed by atoms with Gasteiger partial charge in [-0.15, -0.1) is 0 Å². The highest BCUT2D eigenvalue weighted by atomic mass is 16.4. The summed E-state index contributed by atoms with van der Waals surface area (Å²) >= 11 is 0. The molecule has 0 bridgehead atoms. The molecule has 0 spiro atoms. The molecule has 1 saturated heterocycles. The van der Waals surface area contributed by atoms with E-state index in [0.717, 1.165) is 43.5 Å². The first-order valence-corrected chi connectivity index (χ1v) is 13.2. The molecule has 0 saturated carbocycles. The number of rotatable bonds is 10. The van der Waals surface area contributed by atoms with Crippen molar-refractivity contribution in [2.24, 2.45) is 5.92 Å². The zero-order valence-electron chi connectivity index (χ0n) is 22.3. The number of nitrogens with zero attached hydrogens (tertiary/aromatic N) is 3. The second-order valence-electron chi connectivity index (χ2n) is 10.1. The van der Waals surface area contributed by atoms with Crippen LogP contribution in [0.4, 0.5) is 5.69 Å². The first-order chi connectivity index (χ1) is 18.7. The first-order valence-electron chi connectivity index (χ1n) is 13.2. The van der Waals surface area contributed by atoms with Gasteiger partial charge in [-0.05, 0) is 67.9 Å². The van der Waals surface area contributed by atoms with Crippen molar-refractivity contribution >= 4 is 23.3 Å². The van der Waals surface area contributed by atoms with E-state index in [1.807, 2.05) is 0 Å². The van der Waals surface area contributed by atoms with Gasteiger partial charge in [0.05, 0.1) is 5.69 Å². The summed E-state index contributed by atoms with van der Waals surface area (Å²) in [4.78, 5) is 45.2. The second kappa shape index (κ2) is 12.5. The fraction of sp³-hybridized carbons (Fsp3) is 0.367.